The lowest BCUT2D eigenvalue weighted by Gasteiger charge is -2.37. The van der Waals surface area contributed by atoms with Gasteiger partial charge in [-0.15, -0.1) is 0 Å². The maximum absolute atomic E-state index is 12.5. The largest absolute Gasteiger partial charge is 0.493 e. The van der Waals surface area contributed by atoms with Crippen molar-refractivity contribution in [2.24, 2.45) is 0 Å². The molecule has 0 saturated heterocycles. The van der Waals surface area contributed by atoms with Crippen LogP contribution in [0.25, 0.3) is 0 Å². The molecule has 0 bridgehead atoms. The smallest absolute Gasteiger partial charge is 0.330 e. The van der Waals surface area contributed by atoms with E-state index in [1.165, 1.54) is 11.1 Å². The molecule has 0 spiro atoms. The molecule has 166 valence electrons. The zero-order valence-electron chi connectivity index (χ0n) is 18.8. The summed E-state index contributed by atoms with van der Waals surface area (Å²) in [4.78, 5) is 14.3. The fourth-order valence-electron chi connectivity index (χ4n) is 4.51. The first-order valence-corrected chi connectivity index (χ1v) is 10.8. The molecule has 0 heterocycles. The SMILES string of the molecule is COc1ccc(N(C)C2(C(=O)O)Cc3ccccc3C2)cc1OCCc1cccc(C)c1. The third-order valence-electron chi connectivity index (χ3n) is 6.39. The molecule has 0 saturated carbocycles. The summed E-state index contributed by atoms with van der Waals surface area (Å²) in [6.45, 7) is 2.58. The molecule has 0 aromatic heterocycles. The zero-order valence-corrected chi connectivity index (χ0v) is 18.8. The van der Waals surface area contributed by atoms with Gasteiger partial charge in [-0.25, -0.2) is 4.79 Å². The van der Waals surface area contributed by atoms with E-state index in [4.69, 9.17) is 9.47 Å². The number of likely N-dealkylation sites (N-methyl/N-ethyl adjacent to an activating group) is 1. The molecule has 1 aliphatic rings. The van der Waals surface area contributed by atoms with Gasteiger partial charge in [-0.3, -0.25) is 0 Å². The normalized spacial score (nSPS) is 14.0. The number of benzene rings is 3. The number of carboxylic acids is 1. The Labute approximate surface area is 189 Å². The number of rotatable bonds is 8. The second-order valence-electron chi connectivity index (χ2n) is 8.44. The molecule has 32 heavy (non-hydrogen) atoms. The van der Waals surface area contributed by atoms with Crippen LogP contribution in [0.2, 0.25) is 0 Å². The topological polar surface area (TPSA) is 59.0 Å². The number of aliphatic carboxylic acids is 1. The van der Waals surface area contributed by atoms with Crippen LogP contribution in [-0.4, -0.2) is 37.4 Å². The fraction of sp³-hybridized carbons (Fsp3) is 0.296. The lowest BCUT2D eigenvalue weighted by molar-refractivity contribution is -0.143. The van der Waals surface area contributed by atoms with Gasteiger partial charge in [-0.05, 0) is 35.7 Å². The van der Waals surface area contributed by atoms with Crippen LogP contribution in [0.5, 0.6) is 11.5 Å². The molecular weight excluding hydrogens is 402 g/mol. The second kappa shape index (κ2) is 8.95. The molecule has 0 amide bonds. The predicted octanol–water partition coefficient (Wildman–Crippen LogP) is 4.68. The second-order valence-corrected chi connectivity index (χ2v) is 8.44. The predicted molar refractivity (Wildman–Crippen MR) is 126 cm³/mol. The molecular formula is C27H29NO4. The van der Waals surface area contributed by atoms with Crippen LogP contribution in [0.15, 0.2) is 66.7 Å². The van der Waals surface area contributed by atoms with E-state index in [2.05, 4.69) is 25.1 Å². The van der Waals surface area contributed by atoms with Crippen LogP contribution in [0, 0.1) is 6.92 Å². The zero-order chi connectivity index (χ0) is 22.7. The van der Waals surface area contributed by atoms with Crippen molar-refractivity contribution in [3.8, 4) is 11.5 Å². The minimum atomic E-state index is -1.03. The molecule has 3 aromatic rings. The summed E-state index contributed by atoms with van der Waals surface area (Å²) in [6, 6.07) is 21.9. The Hall–Kier alpha value is -3.47. The van der Waals surface area contributed by atoms with Crippen LogP contribution in [0.1, 0.15) is 22.3 Å². The minimum absolute atomic E-state index is 0.463. The summed E-state index contributed by atoms with van der Waals surface area (Å²) < 4.78 is 11.6. The third kappa shape index (κ3) is 4.15. The molecule has 0 atom stereocenters. The number of ether oxygens (including phenoxy) is 2. The van der Waals surface area contributed by atoms with Crippen molar-refractivity contribution in [1.29, 1.82) is 0 Å². The first-order chi connectivity index (χ1) is 15.4. The van der Waals surface area contributed by atoms with E-state index in [9.17, 15) is 9.90 Å². The van der Waals surface area contributed by atoms with E-state index in [0.29, 0.717) is 30.9 Å². The Kier molecular flexibility index (Phi) is 6.08. The van der Waals surface area contributed by atoms with Gasteiger partial charge in [0.25, 0.3) is 0 Å². The highest BCUT2D eigenvalue weighted by atomic mass is 16.5. The van der Waals surface area contributed by atoms with Crippen molar-refractivity contribution < 1.29 is 19.4 Å². The van der Waals surface area contributed by atoms with E-state index >= 15 is 0 Å². The highest BCUT2D eigenvalue weighted by Crippen LogP contribution is 2.39. The molecule has 1 N–H and O–H groups in total. The molecule has 0 aliphatic heterocycles. The molecule has 4 rings (SSSR count). The standard InChI is InChI=1S/C27H29NO4/c1-19-7-6-8-20(15-19)13-14-32-25-16-23(11-12-24(25)31-3)28(2)27(26(29)30)17-21-9-4-5-10-22(21)18-27/h4-12,15-16H,13-14,17-18H2,1-3H3,(H,29,30). The summed E-state index contributed by atoms with van der Waals surface area (Å²) in [5, 5.41) is 10.2. The van der Waals surface area contributed by atoms with Crippen molar-refractivity contribution in [2.45, 2.75) is 31.7 Å². The van der Waals surface area contributed by atoms with Gasteiger partial charge in [-0.2, -0.15) is 0 Å². The number of carbonyl (C=O) groups is 1. The first-order valence-electron chi connectivity index (χ1n) is 10.8. The minimum Gasteiger partial charge on any atom is -0.493 e. The summed E-state index contributed by atoms with van der Waals surface area (Å²) in [6.07, 6.45) is 1.70. The summed E-state index contributed by atoms with van der Waals surface area (Å²) in [5.41, 5.74) is 4.37. The maximum atomic E-state index is 12.5. The van der Waals surface area contributed by atoms with Gasteiger partial charge in [0.2, 0.25) is 0 Å². The van der Waals surface area contributed by atoms with Crippen LogP contribution in [0.4, 0.5) is 5.69 Å². The Morgan fingerprint density at radius 3 is 2.34 bits per heavy atom. The van der Waals surface area contributed by atoms with E-state index < -0.39 is 11.5 Å². The number of carboxylic acid groups (broad SMARTS) is 1. The molecule has 0 fully saturated rings. The van der Waals surface area contributed by atoms with Gasteiger partial charge in [0.1, 0.15) is 5.54 Å². The van der Waals surface area contributed by atoms with Crippen molar-refractivity contribution in [2.75, 3.05) is 25.7 Å². The summed E-state index contributed by atoms with van der Waals surface area (Å²) in [5.74, 6) is 0.417. The van der Waals surface area contributed by atoms with Crippen LogP contribution in [0.3, 0.4) is 0 Å². The van der Waals surface area contributed by atoms with Crippen LogP contribution in [-0.2, 0) is 24.1 Å². The third-order valence-corrected chi connectivity index (χ3v) is 6.39. The highest BCUT2D eigenvalue weighted by molar-refractivity contribution is 5.86. The van der Waals surface area contributed by atoms with E-state index in [1.807, 2.05) is 60.5 Å². The first kappa shape index (κ1) is 21.8. The Morgan fingerprint density at radius 1 is 1.00 bits per heavy atom. The average Bonchev–Trinajstić information content (AvgIpc) is 3.20. The fourth-order valence-corrected chi connectivity index (χ4v) is 4.51. The lowest BCUT2D eigenvalue weighted by Crippen LogP contribution is -2.54. The lowest BCUT2D eigenvalue weighted by atomic mass is 9.93. The monoisotopic (exact) mass is 431 g/mol. The Balaban J connectivity index is 1.56. The summed E-state index contributed by atoms with van der Waals surface area (Å²) >= 11 is 0. The van der Waals surface area contributed by atoms with Crippen LogP contribution >= 0.6 is 0 Å². The number of aryl methyl sites for hydroxylation is 1. The van der Waals surface area contributed by atoms with E-state index in [-0.39, 0.29) is 0 Å². The number of fused-ring (bicyclic) bond motifs is 1. The van der Waals surface area contributed by atoms with E-state index in [0.717, 1.165) is 23.2 Å². The van der Waals surface area contributed by atoms with Crippen molar-refractivity contribution in [3.63, 3.8) is 0 Å². The summed E-state index contributed by atoms with van der Waals surface area (Å²) in [7, 11) is 3.46. The van der Waals surface area contributed by atoms with Crippen molar-refractivity contribution in [3.05, 3.63) is 89.0 Å². The molecule has 5 heteroatoms. The van der Waals surface area contributed by atoms with Crippen LogP contribution < -0.4 is 14.4 Å². The van der Waals surface area contributed by atoms with Gasteiger partial charge < -0.3 is 19.5 Å². The number of nitrogens with zero attached hydrogens (tertiary/aromatic N) is 1. The van der Waals surface area contributed by atoms with Gasteiger partial charge >= 0.3 is 5.97 Å². The quantitative estimate of drug-likeness (QED) is 0.561. The average molecular weight is 432 g/mol. The maximum Gasteiger partial charge on any atom is 0.330 e. The van der Waals surface area contributed by atoms with Gasteiger partial charge in [0.05, 0.1) is 13.7 Å². The molecule has 3 aromatic carbocycles. The molecule has 1 aliphatic carbocycles. The van der Waals surface area contributed by atoms with E-state index in [1.54, 1.807) is 7.11 Å². The Morgan fingerprint density at radius 2 is 1.72 bits per heavy atom. The Bertz CT molecular complexity index is 1100. The number of methoxy groups -OCH3 is 1. The van der Waals surface area contributed by atoms with Gasteiger partial charge in [-0.1, -0.05) is 54.1 Å². The number of hydrogen-bond acceptors (Lipinski definition) is 4. The molecule has 0 radical (unpaired) electrons. The number of anilines is 1. The van der Waals surface area contributed by atoms with Gasteiger partial charge in [0, 0.05) is 38.1 Å². The highest BCUT2D eigenvalue weighted by Gasteiger charge is 2.47. The molecule has 5 nitrogen and oxygen atoms in total. The number of hydrogen-bond donors (Lipinski definition) is 1. The molecule has 0 unspecified atom stereocenters. The van der Waals surface area contributed by atoms with Crippen molar-refractivity contribution in [1.82, 2.24) is 0 Å². The van der Waals surface area contributed by atoms with Crippen molar-refractivity contribution >= 4 is 11.7 Å². The van der Waals surface area contributed by atoms with Gasteiger partial charge in [0.15, 0.2) is 11.5 Å².